The summed E-state index contributed by atoms with van der Waals surface area (Å²) in [5.74, 6) is -4.43. The molecule has 5 N–H and O–H groups in total. The van der Waals surface area contributed by atoms with Gasteiger partial charge in [0.25, 0.3) is 0 Å². The number of amides is 2. The van der Waals surface area contributed by atoms with Crippen LogP contribution in [0.15, 0.2) is 0 Å². The van der Waals surface area contributed by atoms with Crippen LogP contribution >= 0.6 is 0 Å². The number of hydrogen-bond acceptors (Lipinski definition) is 7. The molecule has 2 atom stereocenters. The van der Waals surface area contributed by atoms with Crippen molar-refractivity contribution in [2.24, 2.45) is 0 Å². The fourth-order valence-electron chi connectivity index (χ4n) is 4.95. The van der Waals surface area contributed by atoms with Crippen molar-refractivity contribution in [3.8, 4) is 0 Å². The summed E-state index contributed by atoms with van der Waals surface area (Å²) >= 11 is 0. The van der Waals surface area contributed by atoms with Gasteiger partial charge in [0.05, 0.1) is 0 Å². The maximum Gasteiger partial charge on any atom is 0.326 e. The van der Waals surface area contributed by atoms with E-state index in [0.717, 1.165) is 44.9 Å². The number of ketones is 1. The number of ether oxygens (including phenoxy) is 1. The number of nitrogens with one attached hydrogen (secondary N) is 2. The Hall–Kier alpha value is -3.02. The van der Waals surface area contributed by atoms with Gasteiger partial charge in [0.2, 0.25) is 11.8 Å². The number of unbranched alkanes of at least 4 members (excludes halogenated alkanes) is 13. The van der Waals surface area contributed by atoms with E-state index in [2.05, 4.69) is 10.6 Å². The van der Waals surface area contributed by atoms with Gasteiger partial charge < -0.3 is 30.7 Å². The highest BCUT2D eigenvalue weighted by atomic mass is 16.5. The first kappa shape index (κ1) is 42.0. The van der Waals surface area contributed by atoms with E-state index in [1.54, 1.807) is 0 Å². The molecule has 12 nitrogen and oxygen atoms in total. The second-order valence-electron chi connectivity index (χ2n) is 11.7. The molecular formula is C33H58N2O10. The first-order chi connectivity index (χ1) is 21.6. The van der Waals surface area contributed by atoms with Crippen molar-refractivity contribution in [2.75, 3.05) is 13.2 Å². The smallest absolute Gasteiger partial charge is 0.326 e. The van der Waals surface area contributed by atoms with Gasteiger partial charge in [-0.1, -0.05) is 77.0 Å². The summed E-state index contributed by atoms with van der Waals surface area (Å²) in [5.41, 5.74) is 0. The Labute approximate surface area is 268 Å². The Morgan fingerprint density at radius 1 is 0.511 bits per heavy atom. The van der Waals surface area contributed by atoms with Crippen LogP contribution in [-0.4, -0.2) is 76.1 Å². The molecule has 0 bridgehead atoms. The maximum atomic E-state index is 12.3. The zero-order chi connectivity index (χ0) is 33.7. The molecule has 0 aromatic carbocycles. The molecule has 0 aliphatic carbocycles. The van der Waals surface area contributed by atoms with Crippen molar-refractivity contribution < 1.29 is 48.8 Å². The molecule has 12 heteroatoms. The van der Waals surface area contributed by atoms with E-state index in [4.69, 9.17) is 9.84 Å². The van der Waals surface area contributed by atoms with E-state index >= 15 is 0 Å². The van der Waals surface area contributed by atoms with E-state index < -0.39 is 41.8 Å². The Morgan fingerprint density at radius 2 is 0.911 bits per heavy atom. The molecule has 0 radical (unpaired) electrons. The molecule has 0 unspecified atom stereocenters. The molecule has 2 amide bonds. The van der Waals surface area contributed by atoms with Gasteiger partial charge in [0, 0.05) is 45.3 Å². The predicted molar refractivity (Wildman–Crippen MR) is 170 cm³/mol. The quantitative estimate of drug-likeness (QED) is 0.0593. The Balaban J connectivity index is 4.01. The van der Waals surface area contributed by atoms with Gasteiger partial charge in [-0.05, 0) is 39.0 Å². The lowest BCUT2D eigenvalue weighted by Gasteiger charge is -2.17. The van der Waals surface area contributed by atoms with Crippen molar-refractivity contribution in [2.45, 2.75) is 160 Å². The average Bonchev–Trinajstić information content (AvgIpc) is 2.98. The lowest BCUT2D eigenvalue weighted by molar-refractivity contribution is -0.143. The van der Waals surface area contributed by atoms with Crippen molar-refractivity contribution in [3.63, 3.8) is 0 Å². The number of Topliss-reactive ketones (excluding diaryl/α,β-unsaturated/α-hetero) is 1. The largest absolute Gasteiger partial charge is 0.481 e. The molecule has 0 rings (SSSR count). The Kier molecular flexibility index (Phi) is 26.5. The van der Waals surface area contributed by atoms with Crippen LogP contribution in [0.2, 0.25) is 0 Å². The summed E-state index contributed by atoms with van der Waals surface area (Å²) in [6, 6.07) is -2.51. The van der Waals surface area contributed by atoms with Crippen molar-refractivity contribution >= 4 is 35.5 Å². The second-order valence-corrected chi connectivity index (χ2v) is 11.7. The fraction of sp³-hybridized carbons (Fsp3) is 0.818. The molecule has 0 aliphatic rings. The molecule has 0 saturated carbocycles. The van der Waals surface area contributed by atoms with E-state index in [9.17, 15) is 39.0 Å². The van der Waals surface area contributed by atoms with E-state index in [0.29, 0.717) is 26.1 Å². The third-order valence-electron chi connectivity index (χ3n) is 7.63. The van der Waals surface area contributed by atoms with Gasteiger partial charge in [-0.3, -0.25) is 19.2 Å². The van der Waals surface area contributed by atoms with Crippen LogP contribution in [-0.2, 0) is 33.5 Å². The van der Waals surface area contributed by atoms with Crippen LogP contribution in [0.5, 0.6) is 0 Å². The SMILES string of the molecule is CCOCCCC(=O)CC[C@H](NC(=O)CC[C@H](NC(=O)CCCCCCCCCCCCCCCCC(=O)O)C(=O)O)C(=O)O. The molecule has 260 valence electrons. The van der Waals surface area contributed by atoms with E-state index in [1.807, 2.05) is 6.92 Å². The summed E-state index contributed by atoms with van der Waals surface area (Å²) in [7, 11) is 0. The van der Waals surface area contributed by atoms with Gasteiger partial charge in [-0.25, -0.2) is 9.59 Å². The van der Waals surface area contributed by atoms with Gasteiger partial charge in [-0.15, -0.1) is 0 Å². The monoisotopic (exact) mass is 642 g/mol. The van der Waals surface area contributed by atoms with E-state index in [-0.39, 0.29) is 50.7 Å². The minimum Gasteiger partial charge on any atom is -0.481 e. The Bertz CT molecular complexity index is 864. The minimum atomic E-state index is -1.27. The molecule has 0 fully saturated rings. The van der Waals surface area contributed by atoms with Crippen LogP contribution in [0, 0.1) is 0 Å². The number of carboxylic acid groups (broad SMARTS) is 3. The third kappa shape index (κ3) is 27.0. The van der Waals surface area contributed by atoms with Gasteiger partial charge >= 0.3 is 17.9 Å². The second kappa shape index (κ2) is 28.5. The molecule has 0 heterocycles. The minimum absolute atomic E-state index is 0.00189. The molecule has 0 aromatic rings. The third-order valence-corrected chi connectivity index (χ3v) is 7.63. The summed E-state index contributed by atoms with van der Waals surface area (Å²) in [6.45, 7) is 2.86. The normalized spacial score (nSPS) is 12.3. The number of aliphatic carboxylic acids is 3. The zero-order valence-corrected chi connectivity index (χ0v) is 27.3. The molecular weight excluding hydrogens is 584 g/mol. The van der Waals surface area contributed by atoms with Crippen molar-refractivity contribution in [1.29, 1.82) is 0 Å². The summed E-state index contributed by atoms with van der Waals surface area (Å²) in [5, 5.41) is 32.3. The fourth-order valence-corrected chi connectivity index (χ4v) is 4.95. The van der Waals surface area contributed by atoms with Crippen LogP contribution in [0.3, 0.4) is 0 Å². The lowest BCUT2D eigenvalue weighted by atomic mass is 10.0. The topological polar surface area (TPSA) is 196 Å². The zero-order valence-electron chi connectivity index (χ0n) is 27.3. The highest BCUT2D eigenvalue weighted by Gasteiger charge is 2.24. The van der Waals surface area contributed by atoms with Gasteiger partial charge in [0.15, 0.2) is 0 Å². The lowest BCUT2D eigenvalue weighted by Crippen LogP contribution is -2.44. The summed E-state index contributed by atoms with van der Waals surface area (Å²) < 4.78 is 5.17. The number of carbonyl (C=O) groups excluding carboxylic acids is 3. The predicted octanol–water partition coefficient (Wildman–Crippen LogP) is 5.40. The highest BCUT2D eigenvalue weighted by molar-refractivity contribution is 5.86. The number of hydrogen-bond donors (Lipinski definition) is 5. The van der Waals surface area contributed by atoms with Crippen LogP contribution < -0.4 is 10.6 Å². The average molecular weight is 643 g/mol. The van der Waals surface area contributed by atoms with E-state index in [1.165, 1.54) is 38.5 Å². The first-order valence-corrected chi connectivity index (χ1v) is 16.9. The molecule has 0 aromatic heterocycles. The first-order valence-electron chi connectivity index (χ1n) is 16.9. The number of carboxylic acids is 3. The highest BCUT2D eigenvalue weighted by Crippen LogP contribution is 2.14. The Morgan fingerprint density at radius 3 is 1.33 bits per heavy atom. The van der Waals surface area contributed by atoms with Crippen LogP contribution in [0.25, 0.3) is 0 Å². The van der Waals surface area contributed by atoms with Crippen molar-refractivity contribution in [1.82, 2.24) is 10.6 Å². The van der Waals surface area contributed by atoms with Gasteiger partial charge in [0.1, 0.15) is 17.9 Å². The molecule has 0 spiro atoms. The van der Waals surface area contributed by atoms with Crippen molar-refractivity contribution in [3.05, 3.63) is 0 Å². The molecule has 0 saturated heterocycles. The number of carbonyl (C=O) groups is 6. The molecule has 45 heavy (non-hydrogen) atoms. The van der Waals surface area contributed by atoms with Gasteiger partial charge in [-0.2, -0.15) is 0 Å². The number of rotatable bonds is 32. The van der Waals surface area contributed by atoms with Crippen LogP contribution in [0.4, 0.5) is 0 Å². The maximum absolute atomic E-state index is 12.3. The van der Waals surface area contributed by atoms with Crippen LogP contribution in [0.1, 0.15) is 148 Å². The molecule has 0 aliphatic heterocycles. The summed E-state index contributed by atoms with van der Waals surface area (Å²) in [4.78, 5) is 70.2. The standard InChI is InChI=1S/C33H58N2O10/c1-2-45-25-17-18-26(36)21-22-27(32(41)42)35-30(38)24-23-28(33(43)44)34-29(37)19-15-13-11-9-7-5-3-4-6-8-10-12-14-16-20-31(39)40/h27-28H,2-25H2,1H3,(H,34,37)(H,35,38)(H,39,40)(H,41,42)(H,43,44)/t27-,28-/m0/s1. The summed E-state index contributed by atoms with van der Waals surface area (Å²) in [6.07, 6.45) is 15.6.